The Balaban J connectivity index is 1.70. The molecule has 0 amide bonds. The molecule has 0 atom stereocenters. The van der Waals surface area contributed by atoms with E-state index in [4.69, 9.17) is 4.74 Å². The molecule has 0 aliphatic carbocycles. The summed E-state index contributed by atoms with van der Waals surface area (Å²) in [6.45, 7) is 4.17. The first-order valence-electron chi connectivity index (χ1n) is 6.31. The van der Waals surface area contributed by atoms with Crippen molar-refractivity contribution in [3.63, 3.8) is 0 Å². The summed E-state index contributed by atoms with van der Waals surface area (Å²) >= 11 is 0. The normalized spacial score (nSPS) is 25.2. The molecule has 0 saturated carbocycles. The molecule has 1 aromatic heterocycles. The van der Waals surface area contributed by atoms with Crippen LogP contribution < -0.4 is 5.32 Å². The molecule has 0 spiro atoms. The SMILES string of the molecule is c1c[nH]c(C2(CC3CCNCC3)COC2)c1. The zero-order chi connectivity index (χ0) is 10.8. The monoisotopic (exact) mass is 220 g/mol. The van der Waals surface area contributed by atoms with Crippen molar-refractivity contribution in [3.8, 4) is 0 Å². The van der Waals surface area contributed by atoms with Crippen LogP contribution in [0.25, 0.3) is 0 Å². The summed E-state index contributed by atoms with van der Waals surface area (Å²) in [6.07, 6.45) is 5.96. The molecule has 0 unspecified atom stereocenters. The first-order chi connectivity index (χ1) is 7.89. The maximum atomic E-state index is 5.47. The molecule has 2 fully saturated rings. The topological polar surface area (TPSA) is 37.0 Å². The maximum absolute atomic E-state index is 5.47. The number of rotatable bonds is 3. The van der Waals surface area contributed by atoms with E-state index in [2.05, 4.69) is 22.4 Å². The number of piperidine rings is 1. The lowest BCUT2D eigenvalue weighted by molar-refractivity contribution is -0.0750. The zero-order valence-corrected chi connectivity index (χ0v) is 9.67. The lowest BCUT2D eigenvalue weighted by Crippen LogP contribution is -2.49. The van der Waals surface area contributed by atoms with Gasteiger partial charge in [0.1, 0.15) is 0 Å². The largest absolute Gasteiger partial charge is 0.379 e. The van der Waals surface area contributed by atoms with Crippen LogP contribution in [0.4, 0.5) is 0 Å². The minimum Gasteiger partial charge on any atom is -0.379 e. The second-order valence-corrected chi connectivity index (χ2v) is 5.25. The molecule has 88 valence electrons. The van der Waals surface area contributed by atoms with Gasteiger partial charge in [-0.05, 0) is 50.4 Å². The highest BCUT2D eigenvalue weighted by atomic mass is 16.5. The highest BCUT2D eigenvalue weighted by Crippen LogP contribution is 2.39. The van der Waals surface area contributed by atoms with E-state index in [1.165, 1.54) is 38.0 Å². The molecule has 0 radical (unpaired) electrons. The predicted octanol–water partition coefficient (Wildman–Crippen LogP) is 1.67. The summed E-state index contributed by atoms with van der Waals surface area (Å²) in [5, 5.41) is 3.43. The van der Waals surface area contributed by atoms with Crippen LogP contribution in [0, 0.1) is 5.92 Å². The fraction of sp³-hybridized carbons (Fsp3) is 0.692. The Morgan fingerprint density at radius 1 is 1.31 bits per heavy atom. The van der Waals surface area contributed by atoms with Gasteiger partial charge in [-0.3, -0.25) is 0 Å². The highest BCUT2D eigenvalue weighted by molar-refractivity contribution is 5.21. The van der Waals surface area contributed by atoms with Crippen molar-refractivity contribution in [2.24, 2.45) is 5.92 Å². The third kappa shape index (κ3) is 1.78. The molecular formula is C13H20N2O. The Morgan fingerprint density at radius 3 is 2.69 bits per heavy atom. The van der Waals surface area contributed by atoms with Crippen LogP contribution in [0.2, 0.25) is 0 Å². The van der Waals surface area contributed by atoms with Crippen LogP contribution in [-0.4, -0.2) is 31.3 Å². The van der Waals surface area contributed by atoms with Gasteiger partial charge >= 0.3 is 0 Å². The fourth-order valence-corrected chi connectivity index (χ4v) is 3.03. The van der Waals surface area contributed by atoms with Gasteiger partial charge in [0.05, 0.1) is 18.6 Å². The standard InChI is InChI=1S/C13H20N2O/c1-2-12(15-5-1)13(9-16-10-13)8-11-3-6-14-7-4-11/h1-2,5,11,14-15H,3-4,6-10H2. The summed E-state index contributed by atoms with van der Waals surface area (Å²) in [5.41, 5.74) is 1.67. The van der Waals surface area contributed by atoms with Crippen LogP contribution >= 0.6 is 0 Å². The maximum Gasteiger partial charge on any atom is 0.0600 e. The van der Waals surface area contributed by atoms with Crippen LogP contribution in [0.1, 0.15) is 25.0 Å². The molecule has 2 N–H and O–H groups in total. The third-order valence-electron chi connectivity index (χ3n) is 4.06. The number of aromatic amines is 1. The van der Waals surface area contributed by atoms with Gasteiger partial charge in [-0.1, -0.05) is 0 Å². The second kappa shape index (κ2) is 4.22. The van der Waals surface area contributed by atoms with Gasteiger partial charge < -0.3 is 15.0 Å². The number of aromatic nitrogens is 1. The van der Waals surface area contributed by atoms with Crippen molar-refractivity contribution in [3.05, 3.63) is 24.0 Å². The minimum absolute atomic E-state index is 0.297. The lowest BCUT2D eigenvalue weighted by Gasteiger charge is -2.44. The molecule has 16 heavy (non-hydrogen) atoms. The smallest absolute Gasteiger partial charge is 0.0600 e. The van der Waals surface area contributed by atoms with Gasteiger partial charge in [0.2, 0.25) is 0 Å². The van der Waals surface area contributed by atoms with E-state index in [0.29, 0.717) is 5.41 Å². The van der Waals surface area contributed by atoms with Gasteiger partial charge in [-0.25, -0.2) is 0 Å². The van der Waals surface area contributed by atoms with E-state index in [1.54, 1.807) is 0 Å². The van der Waals surface area contributed by atoms with Crippen molar-refractivity contribution in [1.29, 1.82) is 0 Å². The van der Waals surface area contributed by atoms with Crippen LogP contribution in [0.15, 0.2) is 18.3 Å². The first-order valence-corrected chi connectivity index (χ1v) is 6.31. The minimum atomic E-state index is 0.297. The quantitative estimate of drug-likeness (QED) is 0.813. The van der Waals surface area contributed by atoms with E-state index in [-0.39, 0.29) is 0 Å². The second-order valence-electron chi connectivity index (χ2n) is 5.25. The molecule has 2 aliphatic heterocycles. The van der Waals surface area contributed by atoms with Gasteiger partial charge in [0, 0.05) is 11.9 Å². The first kappa shape index (κ1) is 10.4. The van der Waals surface area contributed by atoms with Crippen LogP contribution in [0.3, 0.4) is 0 Å². The van der Waals surface area contributed by atoms with Crippen molar-refractivity contribution in [1.82, 2.24) is 10.3 Å². The molecule has 3 heterocycles. The van der Waals surface area contributed by atoms with Gasteiger partial charge in [0.15, 0.2) is 0 Å². The average Bonchev–Trinajstić information content (AvgIpc) is 2.78. The van der Waals surface area contributed by atoms with Crippen molar-refractivity contribution in [2.75, 3.05) is 26.3 Å². The van der Waals surface area contributed by atoms with E-state index in [9.17, 15) is 0 Å². The molecule has 2 aliphatic rings. The Kier molecular flexibility index (Phi) is 2.74. The third-order valence-corrected chi connectivity index (χ3v) is 4.06. The van der Waals surface area contributed by atoms with E-state index in [1.807, 2.05) is 6.20 Å². The number of hydrogen-bond acceptors (Lipinski definition) is 2. The number of hydrogen-bond donors (Lipinski definition) is 2. The van der Waals surface area contributed by atoms with Crippen molar-refractivity contribution in [2.45, 2.75) is 24.7 Å². The van der Waals surface area contributed by atoms with Crippen LogP contribution in [-0.2, 0) is 10.2 Å². The Morgan fingerprint density at radius 2 is 2.12 bits per heavy atom. The van der Waals surface area contributed by atoms with Crippen molar-refractivity contribution < 1.29 is 4.74 Å². The summed E-state index contributed by atoms with van der Waals surface area (Å²) in [7, 11) is 0. The Hall–Kier alpha value is -0.800. The summed E-state index contributed by atoms with van der Waals surface area (Å²) in [6, 6.07) is 4.31. The van der Waals surface area contributed by atoms with E-state index < -0.39 is 0 Å². The summed E-state index contributed by atoms with van der Waals surface area (Å²) < 4.78 is 5.47. The number of ether oxygens (including phenoxy) is 1. The lowest BCUT2D eigenvalue weighted by atomic mass is 9.73. The van der Waals surface area contributed by atoms with Gasteiger partial charge in [-0.2, -0.15) is 0 Å². The fourth-order valence-electron chi connectivity index (χ4n) is 3.03. The Labute approximate surface area is 96.6 Å². The average molecular weight is 220 g/mol. The molecular weight excluding hydrogens is 200 g/mol. The molecule has 3 rings (SSSR count). The van der Waals surface area contributed by atoms with Crippen molar-refractivity contribution >= 4 is 0 Å². The van der Waals surface area contributed by atoms with Gasteiger partial charge in [-0.15, -0.1) is 0 Å². The molecule has 0 bridgehead atoms. The summed E-state index contributed by atoms with van der Waals surface area (Å²) in [5.74, 6) is 0.869. The summed E-state index contributed by atoms with van der Waals surface area (Å²) in [4.78, 5) is 3.37. The molecule has 3 nitrogen and oxygen atoms in total. The van der Waals surface area contributed by atoms with Gasteiger partial charge in [0.25, 0.3) is 0 Å². The molecule has 3 heteroatoms. The zero-order valence-electron chi connectivity index (χ0n) is 9.67. The van der Waals surface area contributed by atoms with E-state index >= 15 is 0 Å². The molecule has 2 saturated heterocycles. The molecule has 0 aromatic carbocycles. The Bertz CT molecular complexity index is 324. The predicted molar refractivity (Wildman–Crippen MR) is 63.5 cm³/mol. The number of nitrogens with one attached hydrogen (secondary N) is 2. The van der Waals surface area contributed by atoms with Crippen LogP contribution in [0.5, 0.6) is 0 Å². The molecule has 1 aromatic rings. The number of H-pyrrole nitrogens is 1. The van der Waals surface area contributed by atoms with E-state index in [0.717, 1.165) is 19.1 Å². The highest BCUT2D eigenvalue weighted by Gasteiger charge is 2.42.